The number of aromatic nitrogens is 2. The second kappa shape index (κ2) is 9.70. The van der Waals surface area contributed by atoms with Crippen LogP contribution in [0.1, 0.15) is 29.0 Å². The Hall–Kier alpha value is -3.66. The average molecular weight is 396 g/mol. The number of hydrogen-bond donors (Lipinski definition) is 1. The smallest absolute Gasteiger partial charge is 0.220 e. The summed E-state index contributed by atoms with van der Waals surface area (Å²) >= 11 is 0. The van der Waals surface area contributed by atoms with Crippen LogP contribution in [0.5, 0.6) is 0 Å². The van der Waals surface area contributed by atoms with Crippen molar-refractivity contribution in [2.75, 3.05) is 6.54 Å². The molecule has 30 heavy (non-hydrogen) atoms. The van der Waals surface area contributed by atoms with Crippen LogP contribution >= 0.6 is 0 Å². The molecule has 0 unspecified atom stereocenters. The summed E-state index contributed by atoms with van der Waals surface area (Å²) in [7, 11) is 0. The van der Waals surface area contributed by atoms with Gasteiger partial charge in [0.25, 0.3) is 0 Å². The van der Waals surface area contributed by atoms with Crippen molar-refractivity contribution >= 4 is 5.91 Å². The van der Waals surface area contributed by atoms with Crippen LogP contribution in [0, 0.1) is 0 Å². The van der Waals surface area contributed by atoms with Gasteiger partial charge in [0.05, 0.1) is 11.9 Å². The molecule has 1 N–H and O–H groups in total. The van der Waals surface area contributed by atoms with E-state index in [2.05, 4.69) is 34.7 Å². The molecule has 1 amide bonds. The normalized spacial score (nSPS) is 10.8. The molecule has 0 atom stereocenters. The van der Waals surface area contributed by atoms with E-state index in [1.54, 1.807) is 0 Å². The highest BCUT2D eigenvalue weighted by Crippen LogP contribution is 2.23. The Morgan fingerprint density at radius 3 is 2.00 bits per heavy atom. The largest absolute Gasteiger partial charge is 0.355 e. The van der Waals surface area contributed by atoms with Crippen LogP contribution in [-0.2, 0) is 11.2 Å². The number of carbonyl (C=O) groups is 1. The van der Waals surface area contributed by atoms with E-state index >= 15 is 0 Å². The van der Waals surface area contributed by atoms with Gasteiger partial charge < -0.3 is 5.32 Å². The summed E-state index contributed by atoms with van der Waals surface area (Å²) in [6.45, 7) is 0.580. The number of para-hydroxylation sites is 1. The van der Waals surface area contributed by atoms with Crippen molar-refractivity contribution in [3.8, 4) is 5.69 Å². The molecular weight excluding hydrogens is 370 g/mol. The second-order valence-corrected chi connectivity index (χ2v) is 7.31. The van der Waals surface area contributed by atoms with Crippen LogP contribution in [0.15, 0.2) is 103 Å². The fraction of sp³-hybridized carbons (Fsp3) is 0.154. The van der Waals surface area contributed by atoms with E-state index in [1.165, 1.54) is 11.1 Å². The maximum atomic E-state index is 12.5. The summed E-state index contributed by atoms with van der Waals surface area (Å²) in [6.07, 6.45) is 4.92. The van der Waals surface area contributed by atoms with E-state index in [0.717, 1.165) is 11.3 Å². The predicted molar refractivity (Wildman–Crippen MR) is 120 cm³/mol. The quantitative estimate of drug-likeness (QED) is 0.468. The lowest BCUT2D eigenvalue weighted by molar-refractivity contribution is -0.121. The highest BCUT2D eigenvalue weighted by atomic mass is 16.1. The van der Waals surface area contributed by atoms with Gasteiger partial charge in [0.15, 0.2) is 0 Å². The predicted octanol–water partition coefficient (Wildman–Crippen LogP) is 4.75. The van der Waals surface area contributed by atoms with Crippen molar-refractivity contribution in [1.82, 2.24) is 15.1 Å². The molecular formula is C26H25N3O. The van der Waals surface area contributed by atoms with Gasteiger partial charge in [-0.15, -0.1) is 0 Å². The molecule has 0 aliphatic heterocycles. The molecule has 0 saturated heterocycles. The molecule has 0 saturated carbocycles. The number of carbonyl (C=O) groups excluding carboxylic acids is 1. The minimum atomic E-state index is 0.0549. The minimum Gasteiger partial charge on any atom is -0.355 e. The van der Waals surface area contributed by atoms with Crippen LogP contribution in [-0.4, -0.2) is 22.2 Å². The molecule has 0 spiro atoms. The maximum Gasteiger partial charge on any atom is 0.220 e. The van der Waals surface area contributed by atoms with Crippen molar-refractivity contribution in [3.05, 3.63) is 120 Å². The van der Waals surface area contributed by atoms with Crippen molar-refractivity contribution in [3.63, 3.8) is 0 Å². The molecule has 0 fully saturated rings. The zero-order valence-corrected chi connectivity index (χ0v) is 16.8. The van der Waals surface area contributed by atoms with Crippen LogP contribution in [0.4, 0.5) is 0 Å². The zero-order valence-electron chi connectivity index (χ0n) is 16.8. The zero-order chi connectivity index (χ0) is 20.6. The molecule has 1 heterocycles. The first kappa shape index (κ1) is 19.6. The van der Waals surface area contributed by atoms with Gasteiger partial charge in [0, 0.05) is 25.1 Å². The Morgan fingerprint density at radius 1 is 0.833 bits per heavy atom. The summed E-state index contributed by atoms with van der Waals surface area (Å²) < 4.78 is 1.84. The topological polar surface area (TPSA) is 46.9 Å². The van der Waals surface area contributed by atoms with Gasteiger partial charge in [-0.05, 0) is 35.2 Å². The third-order valence-corrected chi connectivity index (χ3v) is 5.20. The van der Waals surface area contributed by atoms with Crippen molar-refractivity contribution in [1.29, 1.82) is 0 Å². The monoisotopic (exact) mass is 395 g/mol. The first-order valence-electron chi connectivity index (χ1n) is 10.2. The van der Waals surface area contributed by atoms with E-state index < -0.39 is 0 Å². The maximum absolute atomic E-state index is 12.5. The van der Waals surface area contributed by atoms with E-state index in [-0.39, 0.29) is 11.8 Å². The summed E-state index contributed by atoms with van der Waals surface area (Å²) in [6, 6.07) is 30.6. The van der Waals surface area contributed by atoms with Crippen molar-refractivity contribution < 1.29 is 4.79 Å². The van der Waals surface area contributed by atoms with Crippen molar-refractivity contribution in [2.45, 2.75) is 18.8 Å². The highest BCUT2D eigenvalue weighted by molar-refractivity contribution is 5.76. The molecule has 1 aromatic heterocycles. The molecule has 0 bridgehead atoms. The first-order valence-corrected chi connectivity index (χ1v) is 10.2. The SMILES string of the molecule is O=C(CCc1cnn(-c2ccccc2)c1)NCC(c1ccccc1)c1ccccc1. The van der Waals surface area contributed by atoms with Crippen molar-refractivity contribution in [2.24, 2.45) is 0 Å². The van der Waals surface area contributed by atoms with E-state index in [9.17, 15) is 4.79 Å². The third kappa shape index (κ3) is 5.03. The molecule has 3 aromatic carbocycles. The Bertz CT molecular complexity index is 1020. The number of nitrogens with zero attached hydrogens (tertiary/aromatic N) is 2. The first-order chi connectivity index (χ1) is 14.8. The van der Waals surface area contributed by atoms with Crippen LogP contribution in [0.25, 0.3) is 5.69 Å². The Balaban J connectivity index is 1.35. The van der Waals surface area contributed by atoms with Gasteiger partial charge in [-0.2, -0.15) is 5.10 Å². The lowest BCUT2D eigenvalue weighted by atomic mass is 9.91. The molecule has 4 nitrogen and oxygen atoms in total. The molecule has 0 radical (unpaired) electrons. The average Bonchev–Trinajstić information content (AvgIpc) is 3.29. The molecule has 150 valence electrons. The van der Waals surface area contributed by atoms with Crippen LogP contribution in [0.3, 0.4) is 0 Å². The van der Waals surface area contributed by atoms with Gasteiger partial charge in [-0.1, -0.05) is 78.9 Å². The number of aryl methyl sites for hydroxylation is 1. The number of benzene rings is 3. The standard InChI is InChI=1S/C26H25N3O/c30-26(17-16-21-18-28-29(20-21)24-14-8-3-9-15-24)27-19-25(22-10-4-1-5-11-22)23-12-6-2-7-13-23/h1-15,18,20,25H,16-17,19H2,(H,27,30). The van der Waals surface area contributed by atoms with Gasteiger partial charge >= 0.3 is 0 Å². The third-order valence-electron chi connectivity index (χ3n) is 5.20. The number of hydrogen-bond acceptors (Lipinski definition) is 2. The molecule has 4 aromatic rings. The van der Waals surface area contributed by atoms with E-state index in [4.69, 9.17) is 0 Å². The second-order valence-electron chi connectivity index (χ2n) is 7.31. The Kier molecular flexibility index (Phi) is 6.35. The fourth-order valence-corrected chi connectivity index (χ4v) is 3.57. The number of amides is 1. The van der Waals surface area contributed by atoms with Crippen LogP contribution < -0.4 is 5.32 Å². The Morgan fingerprint density at radius 2 is 1.40 bits per heavy atom. The van der Waals surface area contributed by atoms with E-state index in [0.29, 0.717) is 19.4 Å². The fourth-order valence-electron chi connectivity index (χ4n) is 3.57. The number of nitrogens with one attached hydrogen (secondary N) is 1. The van der Waals surface area contributed by atoms with Crippen LogP contribution in [0.2, 0.25) is 0 Å². The van der Waals surface area contributed by atoms with Gasteiger partial charge in [-0.3, -0.25) is 4.79 Å². The highest BCUT2D eigenvalue weighted by Gasteiger charge is 2.15. The summed E-state index contributed by atoms with van der Waals surface area (Å²) in [5.74, 6) is 0.191. The number of rotatable bonds is 8. The summed E-state index contributed by atoms with van der Waals surface area (Å²) in [5.41, 5.74) is 4.47. The molecule has 4 heteroatoms. The van der Waals surface area contributed by atoms with Gasteiger partial charge in [0.1, 0.15) is 0 Å². The van der Waals surface area contributed by atoms with Gasteiger partial charge in [-0.25, -0.2) is 4.68 Å². The lowest BCUT2D eigenvalue weighted by Gasteiger charge is -2.19. The molecule has 0 aliphatic carbocycles. The summed E-state index contributed by atoms with van der Waals surface area (Å²) in [4.78, 5) is 12.5. The molecule has 4 rings (SSSR count). The minimum absolute atomic E-state index is 0.0549. The molecule has 0 aliphatic rings. The lowest BCUT2D eigenvalue weighted by Crippen LogP contribution is -2.29. The Labute approximate surface area is 177 Å². The van der Waals surface area contributed by atoms with E-state index in [1.807, 2.05) is 83.8 Å². The van der Waals surface area contributed by atoms with Gasteiger partial charge in [0.2, 0.25) is 5.91 Å². The summed E-state index contributed by atoms with van der Waals surface area (Å²) in [5, 5.41) is 7.53.